The molecule has 3 heteroatoms. The Morgan fingerprint density at radius 2 is 2.40 bits per heavy atom. The van der Waals surface area contributed by atoms with Crippen molar-refractivity contribution in [3.8, 4) is 0 Å². The molecule has 2 rings (SSSR count). The van der Waals surface area contributed by atoms with Gasteiger partial charge in [0.05, 0.1) is 0 Å². The topological polar surface area (TPSA) is 12.0 Å². The molecule has 15 heavy (non-hydrogen) atoms. The van der Waals surface area contributed by atoms with E-state index in [1.54, 1.807) is 4.88 Å². The zero-order chi connectivity index (χ0) is 10.7. The molecule has 1 aliphatic rings. The molecular formula is C12H18BrNS. The number of thiophene rings is 1. The SMILES string of the molecule is CCNC1CCCC(c2sccc2Br)C1. The van der Waals surface area contributed by atoms with Crippen LogP contribution in [-0.4, -0.2) is 12.6 Å². The van der Waals surface area contributed by atoms with E-state index in [1.165, 1.54) is 30.2 Å². The van der Waals surface area contributed by atoms with Gasteiger partial charge in [0.2, 0.25) is 0 Å². The van der Waals surface area contributed by atoms with Gasteiger partial charge in [-0.2, -0.15) is 0 Å². The van der Waals surface area contributed by atoms with Gasteiger partial charge in [0.1, 0.15) is 0 Å². The summed E-state index contributed by atoms with van der Waals surface area (Å²) in [7, 11) is 0. The summed E-state index contributed by atoms with van der Waals surface area (Å²) >= 11 is 5.55. The molecule has 1 heterocycles. The van der Waals surface area contributed by atoms with E-state index < -0.39 is 0 Å². The normalized spacial score (nSPS) is 26.8. The minimum atomic E-state index is 0.739. The van der Waals surface area contributed by atoms with Crippen molar-refractivity contribution in [2.24, 2.45) is 0 Å². The van der Waals surface area contributed by atoms with Gasteiger partial charge in [0, 0.05) is 15.4 Å². The van der Waals surface area contributed by atoms with Crippen molar-refractivity contribution in [3.63, 3.8) is 0 Å². The molecule has 1 aromatic heterocycles. The molecule has 2 unspecified atom stereocenters. The van der Waals surface area contributed by atoms with Crippen LogP contribution in [0.25, 0.3) is 0 Å². The fourth-order valence-corrected chi connectivity index (χ4v) is 4.35. The Kier molecular flexibility index (Phi) is 4.23. The third-order valence-corrected chi connectivity index (χ3v) is 5.22. The lowest BCUT2D eigenvalue weighted by atomic mass is 9.85. The number of hydrogen-bond donors (Lipinski definition) is 1. The van der Waals surface area contributed by atoms with Crippen LogP contribution in [0.2, 0.25) is 0 Å². The number of halogens is 1. The molecule has 0 amide bonds. The first-order chi connectivity index (χ1) is 7.31. The van der Waals surface area contributed by atoms with E-state index in [4.69, 9.17) is 0 Å². The second kappa shape index (κ2) is 5.46. The van der Waals surface area contributed by atoms with Crippen LogP contribution in [0.1, 0.15) is 43.4 Å². The highest BCUT2D eigenvalue weighted by molar-refractivity contribution is 9.10. The summed E-state index contributed by atoms with van der Waals surface area (Å²) in [6.07, 6.45) is 5.40. The third kappa shape index (κ3) is 2.83. The second-order valence-electron chi connectivity index (χ2n) is 4.25. The summed E-state index contributed by atoms with van der Waals surface area (Å²) in [5.41, 5.74) is 0. The van der Waals surface area contributed by atoms with Crippen LogP contribution in [0.4, 0.5) is 0 Å². The Bertz CT molecular complexity index is 308. The first-order valence-corrected chi connectivity index (χ1v) is 7.44. The lowest BCUT2D eigenvalue weighted by Gasteiger charge is -2.29. The Balaban J connectivity index is 2.01. The average Bonchev–Trinajstić information content (AvgIpc) is 2.65. The quantitative estimate of drug-likeness (QED) is 0.881. The fourth-order valence-electron chi connectivity index (χ4n) is 2.50. The van der Waals surface area contributed by atoms with Crippen molar-refractivity contribution in [2.45, 2.75) is 44.6 Å². The molecule has 0 radical (unpaired) electrons. The van der Waals surface area contributed by atoms with Gasteiger partial charge in [-0.15, -0.1) is 11.3 Å². The van der Waals surface area contributed by atoms with Crippen LogP contribution in [-0.2, 0) is 0 Å². The Labute approximate surface area is 104 Å². The highest BCUT2D eigenvalue weighted by Crippen LogP contribution is 2.39. The molecule has 1 fully saturated rings. The molecule has 0 spiro atoms. The van der Waals surface area contributed by atoms with E-state index >= 15 is 0 Å². The van der Waals surface area contributed by atoms with Gasteiger partial charge in [-0.3, -0.25) is 0 Å². The molecule has 84 valence electrons. The van der Waals surface area contributed by atoms with Crippen molar-refractivity contribution in [3.05, 3.63) is 20.8 Å². The smallest absolute Gasteiger partial charge is 0.0317 e. The zero-order valence-corrected chi connectivity index (χ0v) is 11.5. The molecular weight excluding hydrogens is 270 g/mol. The van der Waals surface area contributed by atoms with E-state index in [9.17, 15) is 0 Å². The average molecular weight is 288 g/mol. The summed E-state index contributed by atoms with van der Waals surface area (Å²) in [6, 6.07) is 2.92. The molecule has 2 atom stereocenters. The Morgan fingerprint density at radius 3 is 3.07 bits per heavy atom. The van der Waals surface area contributed by atoms with E-state index in [1.807, 2.05) is 11.3 Å². The maximum Gasteiger partial charge on any atom is 0.0317 e. The molecule has 0 bridgehead atoms. The van der Waals surface area contributed by atoms with Crippen LogP contribution in [0.5, 0.6) is 0 Å². The largest absolute Gasteiger partial charge is 0.314 e. The van der Waals surface area contributed by atoms with Gasteiger partial charge < -0.3 is 5.32 Å². The molecule has 0 saturated heterocycles. The predicted octanol–water partition coefficient (Wildman–Crippen LogP) is 4.15. The summed E-state index contributed by atoms with van der Waals surface area (Å²) < 4.78 is 1.31. The van der Waals surface area contributed by atoms with Gasteiger partial charge in [0.25, 0.3) is 0 Å². The highest BCUT2D eigenvalue weighted by atomic mass is 79.9. The monoisotopic (exact) mass is 287 g/mol. The molecule has 1 aliphatic carbocycles. The predicted molar refractivity (Wildman–Crippen MR) is 70.7 cm³/mol. The summed E-state index contributed by atoms with van der Waals surface area (Å²) in [6.45, 7) is 3.30. The molecule has 1 nitrogen and oxygen atoms in total. The standard InChI is InChI=1S/C12H18BrNS/c1-2-14-10-5-3-4-9(8-10)12-11(13)6-7-15-12/h6-7,9-10,14H,2-5,8H2,1H3. The van der Waals surface area contributed by atoms with E-state index in [0.717, 1.165) is 18.5 Å². The van der Waals surface area contributed by atoms with Crippen LogP contribution < -0.4 is 5.32 Å². The third-order valence-electron chi connectivity index (χ3n) is 3.18. The maximum atomic E-state index is 3.65. The molecule has 1 aromatic rings. The van der Waals surface area contributed by atoms with Gasteiger partial charge in [0.15, 0.2) is 0 Å². The lowest BCUT2D eigenvalue weighted by Crippen LogP contribution is -2.33. The maximum absolute atomic E-state index is 3.65. The molecule has 0 aliphatic heterocycles. The second-order valence-corrected chi connectivity index (χ2v) is 6.05. The van der Waals surface area contributed by atoms with E-state index in [-0.39, 0.29) is 0 Å². The lowest BCUT2D eigenvalue weighted by molar-refractivity contribution is 0.346. The number of rotatable bonds is 3. The summed E-state index contributed by atoms with van der Waals surface area (Å²) in [5.74, 6) is 0.775. The minimum Gasteiger partial charge on any atom is -0.314 e. The number of nitrogens with one attached hydrogen (secondary N) is 1. The van der Waals surface area contributed by atoms with Crippen molar-refractivity contribution >= 4 is 27.3 Å². The van der Waals surface area contributed by atoms with Gasteiger partial charge in [-0.1, -0.05) is 13.3 Å². The van der Waals surface area contributed by atoms with Crippen molar-refractivity contribution in [1.29, 1.82) is 0 Å². The van der Waals surface area contributed by atoms with Crippen molar-refractivity contribution in [1.82, 2.24) is 5.32 Å². The van der Waals surface area contributed by atoms with Crippen LogP contribution >= 0.6 is 27.3 Å². The summed E-state index contributed by atoms with van der Waals surface area (Å²) in [4.78, 5) is 1.55. The number of hydrogen-bond acceptors (Lipinski definition) is 2. The van der Waals surface area contributed by atoms with Gasteiger partial charge in [-0.05, 0) is 59.1 Å². The van der Waals surface area contributed by atoms with Gasteiger partial charge >= 0.3 is 0 Å². The van der Waals surface area contributed by atoms with Gasteiger partial charge in [-0.25, -0.2) is 0 Å². The molecule has 0 aromatic carbocycles. The van der Waals surface area contributed by atoms with Crippen LogP contribution in [0.3, 0.4) is 0 Å². The Morgan fingerprint density at radius 1 is 1.53 bits per heavy atom. The molecule has 1 saturated carbocycles. The first kappa shape index (κ1) is 11.6. The van der Waals surface area contributed by atoms with Crippen molar-refractivity contribution in [2.75, 3.05) is 6.54 Å². The first-order valence-electron chi connectivity index (χ1n) is 5.77. The minimum absolute atomic E-state index is 0.739. The van der Waals surface area contributed by atoms with Crippen molar-refractivity contribution < 1.29 is 0 Å². The molecule has 1 N–H and O–H groups in total. The van der Waals surface area contributed by atoms with Crippen LogP contribution in [0, 0.1) is 0 Å². The fraction of sp³-hybridized carbons (Fsp3) is 0.667. The zero-order valence-electron chi connectivity index (χ0n) is 9.13. The highest BCUT2D eigenvalue weighted by Gasteiger charge is 2.24. The van der Waals surface area contributed by atoms with Crippen LogP contribution in [0.15, 0.2) is 15.9 Å². The Hall–Kier alpha value is 0.140. The van der Waals surface area contributed by atoms with E-state index in [0.29, 0.717) is 0 Å². The summed E-state index contributed by atoms with van der Waals surface area (Å²) in [5, 5.41) is 5.78. The van der Waals surface area contributed by atoms with E-state index in [2.05, 4.69) is 39.6 Å².